The van der Waals surface area contributed by atoms with Crippen LogP contribution in [-0.2, 0) is 5.75 Å². The van der Waals surface area contributed by atoms with Gasteiger partial charge in [-0.15, -0.1) is 0 Å². The first-order valence-corrected chi connectivity index (χ1v) is 12.0. The maximum absolute atomic E-state index is 12.9. The Morgan fingerprint density at radius 2 is 1.55 bits per heavy atom. The lowest BCUT2D eigenvalue weighted by atomic mass is 10.0. The van der Waals surface area contributed by atoms with Crippen molar-refractivity contribution in [2.24, 2.45) is 0 Å². The summed E-state index contributed by atoms with van der Waals surface area (Å²) in [4.78, 5) is 25.0. The van der Waals surface area contributed by atoms with Gasteiger partial charge in [0.25, 0.3) is 11.8 Å². The molecule has 162 valence electrons. The fraction of sp³-hybridized carbons (Fsp3) is 0.360. The highest BCUT2D eigenvalue weighted by atomic mass is 32.2. The maximum atomic E-state index is 12.9. The van der Waals surface area contributed by atoms with Crippen LogP contribution in [0.5, 0.6) is 0 Å². The normalized spacial score (nSPS) is 14.5. The lowest BCUT2D eigenvalue weighted by Crippen LogP contribution is -2.34. The highest BCUT2D eigenvalue weighted by Gasteiger charge is 2.22. The quantitative estimate of drug-likeness (QED) is 0.479. The van der Waals surface area contributed by atoms with Crippen molar-refractivity contribution in [2.45, 2.75) is 43.1 Å². The number of hydrogen-bond acceptors (Lipinski definition) is 4. The molecule has 2 aromatic carbocycles. The molecule has 1 heterocycles. The van der Waals surface area contributed by atoms with E-state index in [-0.39, 0.29) is 11.8 Å². The number of amides is 2. The van der Waals surface area contributed by atoms with Crippen molar-refractivity contribution in [1.29, 1.82) is 0 Å². The third-order valence-corrected chi connectivity index (χ3v) is 7.05. The van der Waals surface area contributed by atoms with Gasteiger partial charge in [-0.3, -0.25) is 9.59 Å². The predicted octanol–water partition coefficient (Wildman–Crippen LogP) is 5.16. The van der Waals surface area contributed by atoms with Crippen LogP contribution in [-0.4, -0.2) is 30.2 Å². The number of carbonyl (C=O) groups excluding carboxylic acids is 2. The van der Waals surface area contributed by atoms with Crippen LogP contribution in [0.4, 0.5) is 0 Å². The fourth-order valence-corrected chi connectivity index (χ4v) is 5.34. The van der Waals surface area contributed by atoms with Gasteiger partial charge in [-0.25, -0.2) is 0 Å². The van der Waals surface area contributed by atoms with Crippen LogP contribution >= 0.6 is 11.8 Å². The largest absolute Gasteiger partial charge is 0.451 e. The summed E-state index contributed by atoms with van der Waals surface area (Å²) in [7, 11) is 0. The Morgan fingerprint density at radius 1 is 0.871 bits per heavy atom. The minimum Gasteiger partial charge on any atom is -0.451 e. The molecular weight excluding hydrogens is 408 g/mol. The molecule has 1 aliphatic carbocycles. The number of rotatable bonds is 8. The third-order valence-electron chi connectivity index (χ3n) is 5.65. The minimum absolute atomic E-state index is 0.150. The zero-order valence-corrected chi connectivity index (χ0v) is 18.4. The van der Waals surface area contributed by atoms with Crippen molar-refractivity contribution in [2.75, 3.05) is 13.1 Å². The Balaban J connectivity index is 1.37. The summed E-state index contributed by atoms with van der Waals surface area (Å²) in [6, 6.07) is 16.9. The molecule has 2 N–H and O–H groups in total. The lowest BCUT2D eigenvalue weighted by molar-refractivity contribution is 0.0911. The molecule has 0 saturated heterocycles. The summed E-state index contributed by atoms with van der Waals surface area (Å²) in [6.45, 7) is 0.690. The molecule has 1 saturated carbocycles. The van der Waals surface area contributed by atoms with E-state index in [0.717, 1.165) is 22.3 Å². The molecule has 0 bridgehead atoms. The molecule has 4 rings (SSSR count). The Kier molecular flexibility index (Phi) is 7.30. The second-order valence-corrected chi connectivity index (χ2v) is 9.14. The zero-order chi connectivity index (χ0) is 21.5. The fourth-order valence-electron chi connectivity index (χ4n) is 3.98. The van der Waals surface area contributed by atoms with Gasteiger partial charge in [0.2, 0.25) is 0 Å². The second kappa shape index (κ2) is 10.5. The van der Waals surface area contributed by atoms with Crippen LogP contribution < -0.4 is 10.6 Å². The number of benzene rings is 2. The highest BCUT2D eigenvalue weighted by molar-refractivity contribution is 7.99. The van der Waals surface area contributed by atoms with Crippen LogP contribution in [0.1, 0.15) is 58.6 Å². The topological polar surface area (TPSA) is 71.3 Å². The predicted molar refractivity (Wildman–Crippen MR) is 125 cm³/mol. The van der Waals surface area contributed by atoms with Gasteiger partial charge in [0.05, 0.1) is 0 Å². The molecule has 0 atom stereocenters. The number of thioether (sulfide) groups is 1. The molecule has 0 spiro atoms. The summed E-state index contributed by atoms with van der Waals surface area (Å²) in [5, 5.41) is 7.38. The number of furan rings is 1. The first-order valence-electron chi connectivity index (χ1n) is 11.0. The smallest absolute Gasteiger partial charge is 0.287 e. The summed E-state index contributed by atoms with van der Waals surface area (Å²) < 4.78 is 5.94. The van der Waals surface area contributed by atoms with Crippen molar-refractivity contribution < 1.29 is 14.0 Å². The van der Waals surface area contributed by atoms with Crippen molar-refractivity contribution in [3.63, 3.8) is 0 Å². The SMILES string of the molecule is O=C(NCCNC(=O)c1oc2ccccc2c1CSC1CCCCC1)c1ccccc1. The van der Waals surface area contributed by atoms with Gasteiger partial charge < -0.3 is 15.1 Å². The van der Waals surface area contributed by atoms with Crippen molar-refractivity contribution in [3.8, 4) is 0 Å². The van der Waals surface area contributed by atoms with E-state index < -0.39 is 0 Å². The molecule has 5 nitrogen and oxygen atoms in total. The van der Waals surface area contributed by atoms with E-state index in [9.17, 15) is 9.59 Å². The van der Waals surface area contributed by atoms with Crippen LogP contribution in [0.3, 0.4) is 0 Å². The van der Waals surface area contributed by atoms with Crippen molar-refractivity contribution in [1.82, 2.24) is 10.6 Å². The minimum atomic E-state index is -0.232. The van der Waals surface area contributed by atoms with E-state index in [1.54, 1.807) is 12.1 Å². The van der Waals surface area contributed by atoms with Crippen LogP contribution in [0.15, 0.2) is 59.0 Å². The molecule has 31 heavy (non-hydrogen) atoms. The van der Waals surface area contributed by atoms with Gasteiger partial charge >= 0.3 is 0 Å². The number of fused-ring (bicyclic) bond motifs is 1. The van der Waals surface area contributed by atoms with Crippen molar-refractivity contribution in [3.05, 3.63) is 71.5 Å². The van der Waals surface area contributed by atoms with Gasteiger partial charge in [-0.1, -0.05) is 55.7 Å². The van der Waals surface area contributed by atoms with Gasteiger partial charge in [0.15, 0.2) is 5.76 Å². The van der Waals surface area contributed by atoms with E-state index in [1.807, 2.05) is 54.2 Å². The third kappa shape index (κ3) is 5.50. The van der Waals surface area contributed by atoms with E-state index in [0.29, 0.717) is 29.7 Å². The Morgan fingerprint density at radius 3 is 2.32 bits per heavy atom. The van der Waals surface area contributed by atoms with Crippen LogP contribution in [0.25, 0.3) is 11.0 Å². The first-order chi connectivity index (χ1) is 15.2. The molecule has 0 aliphatic heterocycles. The summed E-state index contributed by atoms with van der Waals surface area (Å²) in [5.74, 6) is 0.779. The second-order valence-electron chi connectivity index (χ2n) is 7.85. The van der Waals surface area contributed by atoms with E-state index >= 15 is 0 Å². The Bertz CT molecular complexity index is 1030. The molecule has 1 aliphatic rings. The molecule has 3 aromatic rings. The molecule has 1 fully saturated rings. The van der Waals surface area contributed by atoms with E-state index in [1.165, 1.54) is 32.1 Å². The number of hydrogen-bond donors (Lipinski definition) is 2. The summed E-state index contributed by atoms with van der Waals surface area (Å²) in [5.41, 5.74) is 2.31. The molecule has 6 heteroatoms. The van der Waals surface area contributed by atoms with Gasteiger partial charge in [-0.2, -0.15) is 11.8 Å². The van der Waals surface area contributed by atoms with E-state index in [4.69, 9.17) is 4.42 Å². The van der Waals surface area contributed by atoms with Crippen molar-refractivity contribution >= 4 is 34.5 Å². The molecule has 0 unspecified atom stereocenters. The first kappa shape index (κ1) is 21.5. The standard InChI is InChI=1S/C25H28N2O3S/c28-24(18-9-3-1-4-10-18)26-15-16-27-25(29)23-21(17-31-19-11-5-2-6-12-19)20-13-7-8-14-22(20)30-23/h1,3-4,7-10,13-14,19H,2,5-6,11-12,15-17H2,(H,26,28)(H,27,29). The zero-order valence-electron chi connectivity index (χ0n) is 17.6. The maximum Gasteiger partial charge on any atom is 0.287 e. The summed E-state index contributed by atoms with van der Waals surface area (Å²) in [6.07, 6.45) is 6.43. The monoisotopic (exact) mass is 436 g/mol. The van der Waals surface area contributed by atoms with Gasteiger partial charge in [0, 0.05) is 40.6 Å². The van der Waals surface area contributed by atoms with Gasteiger partial charge in [-0.05, 0) is 31.0 Å². The lowest BCUT2D eigenvalue weighted by Gasteiger charge is -2.20. The Labute approximate surface area is 187 Å². The number of carbonyl (C=O) groups is 2. The number of nitrogens with one attached hydrogen (secondary N) is 2. The summed E-state index contributed by atoms with van der Waals surface area (Å²) >= 11 is 1.93. The Hall–Kier alpha value is -2.73. The molecule has 1 aromatic heterocycles. The highest BCUT2D eigenvalue weighted by Crippen LogP contribution is 2.34. The molecule has 0 radical (unpaired) electrons. The van der Waals surface area contributed by atoms with E-state index in [2.05, 4.69) is 10.6 Å². The molecular formula is C25H28N2O3S. The average Bonchev–Trinajstić information content (AvgIpc) is 3.20. The number of para-hydroxylation sites is 1. The average molecular weight is 437 g/mol. The van der Waals surface area contributed by atoms with Crippen LogP contribution in [0, 0.1) is 0 Å². The van der Waals surface area contributed by atoms with Gasteiger partial charge in [0.1, 0.15) is 5.58 Å². The van der Waals surface area contributed by atoms with Crippen LogP contribution in [0.2, 0.25) is 0 Å². The molecule has 2 amide bonds.